The number of hydrogen-bond donors (Lipinski definition) is 2. The third kappa shape index (κ3) is 3.34. The van der Waals surface area contributed by atoms with Crippen LogP contribution in [0.1, 0.15) is 29.7 Å². The molecule has 2 aromatic rings. The Morgan fingerprint density at radius 3 is 2.60 bits per heavy atom. The van der Waals surface area contributed by atoms with Crippen molar-refractivity contribution >= 4 is 0 Å². The molecule has 20 heavy (non-hydrogen) atoms. The van der Waals surface area contributed by atoms with Gasteiger partial charge in [0.15, 0.2) is 0 Å². The summed E-state index contributed by atoms with van der Waals surface area (Å²) in [4.78, 5) is 0. The molecule has 102 valence electrons. The van der Waals surface area contributed by atoms with Crippen LogP contribution in [0.4, 0.5) is 4.39 Å². The number of rotatable bonds is 4. The molecule has 0 saturated carbocycles. The molecular formula is C16H15FN2O. The lowest BCUT2D eigenvalue weighted by atomic mass is 10.1. The van der Waals surface area contributed by atoms with Crippen LogP contribution in [0.25, 0.3) is 0 Å². The molecule has 1 unspecified atom stereocenters. The Morgan fingerprint density at radius 1 is 1.25 bits per heavy atom. The highest BCUT2D eigenvalue weighted by Crippen LogP contribution is 2.19. The minimum atomic E-state index is -0.370. The second-order valence-electron chi connectivity index (χ2n) is 4.61. The highest BCUT2D eigenvalue weighted by Gasteiger charge is 2.07. The molecule has 2 N–H and O–H groups in total. The Balaban J connectivity index is 2.02. The van der Waals surface area contributed by atoms with Crippen LogP contribution in [0.2, 0.25) is 0 Å². The quantitative estimate of drug-likeness (QED) is 0.896. The van der Waals surface area contributed by atoms with Gasteiger partial charge in [0.1, 0.15) is 11.6 Å². The first-order valence-corrected chi connectivity index (χ1v) is 6.31. The van der Waals surface area contributed by atoms with E-state index in [1.54, 1.807) is 12.1 Å². The highest BCUT2D eigenvalue weighted by atomic mass is 19.1. The van der Waals surface area contributed by atoms with Crippen molar-refractivity contribution in [1.82, 2.24) is 5.32 Å². The molecular weight excluding hydrogens is 255 g/mol. The highest BCUT2D eigenvalue weighted by molar-refractivity contribution is 5.34. The van der Waals surface area contributed by atoms with Crippen molar-refractivity contribution in [1.29, 1.82) is 5.26 Å². The van der Waals surface area contributed by atoms with E-state index in [1.165, 1.54) is 18.2 Å². The Labute approximate surface area is 117 Å². The van der Waals surface area contributed by atoms with E-state index in [0.29, 0.717) is 17.7 Å². The van der Waals surface area contributed by atoms with Crippen LogP contribution in [-0.2, 0) is 6.54 Å². The summed E-state index contributed by atoms with van der Waals surface area (Å²) in [7, 11) is 0. The lowest BCUT2D eigenvalue weighted by Crippen LogP contribution is -2.18. The molecule has 0 aliphatic rings. The fourth-order valence-corrected chi connectivity index (χ4v) is 1.92. The average Bonchev–Trinajstić information content (AvgIpc) is 2.48. The number of nitriles is 1. The number of benzene rings is 2. The molecule has 0 spiro atoms. The van der Waals surface area contributed by atoms with Crippen molar-refractivity contribution in [2.24, 2.45) is 0 Å². The summed E-state index contributed by atoms with van der Waals surface area (Å²) >= 11 is 0. The van der Waals surface area contributed by atoms with Gasteiger partial charge in [0.2, 0.25) is 0 Å². The molecule has 0 aliphatic heterocycles. The second-order valence-corrected chi connectivity index (χ2v) is 4.61. The Bertz CT molecular complexity index is 632. The first-order valence-electron chi connectivity index (χ1n) is 6.31. The van der Waals surface area contributed by atoms with Crippen LogP contribution in [0, 0.1) is 17.1 Å². The summed E-state index contributed by atoms with van der Waals surface area (Å²) < 4.78 is 13.1. The van der Waals surface area contributed by atoms with Gasteiger partial charge in [0.05, 0.1) is 11.6 Å². The van der Waals surface area contributed by atoms with Crippen LogP contribution < -0.4 is 5.32 Å². The van der Waals surface area contributed by atoms with E-state index < -0.39 is 0 Å². The van der Waals surface area contributed by atoms with Gasteiger partial charge in [-0.05, 0) is 42.8 Å². The number of hydrogen-bond acceptors (Lipinski definition) is 3. The first-order chi connectivity index (χ1) is 9.60. The van der Waals surface area contributed by atoms with Crippen molar-refractivity contribution in [3.63, 3.8) is 0 Å². The summed E-state index contributed by atoms with van der Waals surface area (Å²) in [5, 5.41) is 21.6. The standard InChI is InChI=1S/C16H15FN2O/c1-11(13-4-2-12(9-18)3-5-13)19-10-14-8-15(17)6-7-16(14)20/h2-8,11,19-20H,10H2,1H3. The van der Waals surface area contributed by atoms with Gasteiger partial charge in [0.25, 0.3) is 0 Å². The van der Waals surface area contributed by atoms with Crippen molar-refractivity contribution in [2.45, 2.75) is 19.5 Å². The normalized spacial score (nSPS) is 11.8. The topological polar surface area (TPSA) is 56.0 Å². The van der Waals surface area contributed by atoms with Gasteiger partial charge in [-0.2, -0.15) is 5.26 Å². The van der Waals surface area contributed by atoms with Gasteiger partial charge in [-0.1, -0.05) is 12.1 Å². The third-order valence-electron chi connectivity index (χ3n) is 3.18. The summed E-state index contributed by atoms with van der Waals surface area (Å²) in [6.45, 7) is 2.34. The van der Waals surface area contributed by atoms with Gasteiger partial charge in [-0.15, -0.1) is 0 Å². The lowest BCUT2D eigenvalue weighted by molar-refractivity contribution is 0.457. The maximum Gasteiger partial charge on any atom is 0.123 e. The molecule has 0 radical (unpaired) electrons. The van der Waals surface area contributed by atoms with Crippen LogP contribution in [-0.4, -0.2) is 5.11 Å². The van der Waals surface area contributed by atoms with Crippen molar-refractivity contribution in [3.05, 3.63) is 65.0 Å². The molecule has 0 amide bonds. The van der Waals surface area contributed by atoms with Gasteiger partial charge in [-0.25, -0.2) is 4.39 Å². The number of halogens is 1. The van der Waals surface area contributed by atoms with Crippen LogP contribution in [0.3, 0.4) is 0 Å². The van der Waals surface area contributed by atoms with Gasteiger partial charge < -0.3 is 10.4 Å². The summed E-state index contributed by atoms with van der Waals surface area (Å²) in [6.07, 6.45) is 0. The molecule has 0 fully saturated rings. The predicted octanol–water partition coefficient (Wildman–Crippen LogP) is 3.25. The Morgan fingerprint density at radius 2 is 1.95 bits per heavy atom. The van der Waals surface area contributed by atoms with Crippen molar-refractivity contribution in [3.8, 4) is 11.8 Å². The number of nitrogens with one attached hydrogen (secondary N) is 1. The van der Waals surface area contributed by atoms with Crippen LogP contribution in [0.5, 0.6) is 5.75 Å². The number of aromatic hydroxyl groups is 1. The first kappa shape index (κ1) is 14.0. The summed E-state index contributed by atoms with van der Waals surface area (Å²) in [5.74, 6) is -0.295. The minimum Gasteiger partial charge on any atom is -0.508 e. The maximum absolute atomic E-state index is 13.1. The zero-order chi connectivity index (χ0) is 14.5. The zero-order valence-corrected chi connectivity index (χ0v) is 11.1. The van der Waals surface area contributed by atoms with E-state index in [-0.39, 0.29) is 17.6 Å². The van der Waals surface area contributed by atoms with Crippen molar-refractivity contribution in [2.75, 3.05) is 0 Å². The molecule has 3 nitrogen and oxygen atoms in total. The maximum atomic E-state index is 13.1. The Hall–Kier alpha value is -2.38. The fourth-order valence-electron chi connectivity index (χ4n) is 1.92. The molecule has 4 heteroatoms. The van der Waals surface area contributed by atoms with Gasteiger partial charge in [0, 0.05) is 18.2 Å². The molecule has 1 atom stereocenters. The number of nitrogens with zero attached hydrogens (tertiary/aromatic N) is 1. The van der Waals surface area contributed by atoms with Gasteiger partial charge >= 0.3 is 0 Å². The molecule has 0 aliphatic carbocycles. The van der Waals surface area contributed by atoms with Crippen LogP contribution >= 0.6 is 0 Å². The van der Waals surface area contributed by atoms with E-state index >= 15 is 0 Å². The third-order valence-corrected chi connectivity index (χ3v) is 3.18. The summed E-state index contributed by atoms with van der Waals surface area (Å²) in [6, 6.07) is 13.3. The SMILES string of the molecule is CC(NCc1cc(F)ccc1O)c1ccc(C#N)cc1. The van der Waals surface area contributed by atoms with Crippen molar-refractivity contribution < 1.29 is 9.50 Å². The van der Waals surface area contributed by atoms with E-state index in [4.69, 9.17) is 5.26 Å². The van der Waals surface area contributed by atoms with E-state index in [0.717, 1.165) is 5.56 Å². The monoisotopic (exact) mass is 270 g/mol. The number of phenolic OH excluding ortho intramolecular Hbond substituents is 1. The smallest absolute Gasteiger partial charge is 0.123 e. The molecule has 0 saturated heterocycles. The molecule has 0 heterocycles. The second kappa shape index (κ2) is 6.18. The molecule has 0 aromatic heterocycles. The average molecular weight is 270 g/mol. The van der Waals surface area contributed by atoms with E-state index in [1.807, 2.05) is 19.1 Å². The fraction of sp³-hybridized carbons (Fsp3) is 0.188. The Kier molecular flexibility index (Phi) is 4.34. The summed E-state index contributed by atoms with van der Waals surface area (Å²) in [5.41, 5.74) is 2.16. The van der Waals surface area contributed by atoms with Gasteiger partial charge in [-0.3, -0.25) is 0 Å². The number of phenols is 1. The molecule has 2 rings (SSSR count). The zero-order valence-electron chi connectivity index (χ0n) is 11.1. The van der Waals surface area contributed by atoms with Crippen LogP contribution in [0.15, 0.2) is 42.5 Å². The van der Waals surface area contributed by atoms with E-state index in [2.05, 4.69) is 11.4 Å². The van der Waals surface area contributed by atoms with E-state index in [9.17, 15) is 9.50 Å². The molecule has 2 aromatic carbocycles. The lowest BCUT2D eigenvalue weighted by Gasteiger charge is -2.15. The minimum absolute atomic E-state index is 0.0328. The molecule has 0 bridgehead atoms. The predicted molar refractivity (Wildman–Crippen MR) is 74.5 cm³/mol. The largest absolute Gasteiger partial charge is 0.508 e.